The van der Waals surface area contributed by atoms with Crippen LogP contribution in [0.3, 0.4) is 0 Å². The lowest BCUT2D eigenvalue weighted by atomic mass is 9.85. The quantitative estimate of drug-likeness (QED) is 0.00648. The van der Waals surface area contributed by atoms with Gasteiger partial charge in [0, 0.05) is 122 Å². The fraction of sp³-hybridized carbons (Fsp3) is 0.602. The first-order valence-corrected chi connectivity index (χ1v) is 44.0. The molecule has 7 N–H and O–H groups in total. The van der Waals surface area contributed by atoms with Crippen molar-refractivity contribution in [3.63, 3.8) is 0 Å². The third-order valence-electron chi connectivity index (χ3n) is 26.0. The summed E-state index contributed by atoms with van der Waals surface area (Å²) < 4.78 is 148. The van der Waals surface area contributed by atoms with Gasteiger partial charge in [-0.3, -0.25) is 76.1 Å². The van der Waals surface area contributed by atoms with E-state index in [1.165, 1.54) is 57.7 Å². The van der Waals surface area contributed by atoms with E-state index in [1.54, 1.807) is 69.2 Å². The van der Waals surface area contributed by atoms with Crippen molar-refractivity contribution < 1.29 is 113 Å². The maximum Gasteiger partial charge on any atom is 0.335 e. The van der Waals surface area contributed by atoms with E-state index in [9.17, 15) is 109 Å². The van der Waals surface area contributed by atoms with Gasteiger partial charge in [0.05, 0.1) is 25.9 Å². The third-order valence-corrected chi connectivity index (χ3v) is 26.0. The summed E-state index contributed by atoms with van der Waals surface area (Å²) in [6.45, 7) is 15.1. The highest BCUT2D eigenvalue weighted by Gasteiger charge is 2.60. The van der Waals surface area contributed by atoms with Gasteiger partial charge < -0.3 is 72.5 Å². The normalized spacial score (nSPS) is 30.3. The number of aliphatic hydroxyl groups excluding tert-OH is 4. The maximum absolute atomic E-state index is 13.9. The number of esters is 3. The Balaban J connectivity index is 0.000000205. The molecule has 0 radical (unpaired) electrons. The van der Waals surface area contributed by atoms with E-state index in [4.69, 9.17) is 63.2 Å². The molecular weight excluding hydrogens is 1840 g/mol. The topological polar surface area (TPSA) is 584 Å². The number of H-pyrrole nitrogens is 3. The molecule has 50 heteroatoms. The van der Waals surface area contributed by atoms with Crippen molar-refractivity contribution in [2.24, 2.45) is 39.8 Å². The first-order chi connectivity index (χ1) is 65.5. The Hall–Kier alpha value is -12.0. The van der Waals surface area contributed by atoms with Crippen LogP contribution in [0, 0.1) is 29.6 Å². The summed E-state index contributed by atoms with van der Waals surface area (Å²) in [6.07, 6.45) is -3.89. The monoisotopic (exact) mass is 1960 g/mol. The Kier molecular flexibility index (Phi) is 39.5. The number of carbonyl (C=O) groups is 3. The molecule has 44 nitrogen and oxygen atoms in total. The molecule has 13 rings (SSSR count). The highest BCUT2D eigenvalue weighted by molar-refractivity contribution is 5.67. The number of aliphatic hydroxyl groups is 4. The first kappa shape index (κ1) is 111. The molecule has 0 spiro atoms. The number of rotatable bonds is 30. The van der Waals surface area contributed by atoms with Crippen molar-refractivity contribution in [1.82, 2.24) is 46.9 Å². The van der Waals surface area contributed by atoms with Crippen LogP contribution in [-0.4, -0.2) is 214 Å². The molecule has 11 heterocycles. The second-order valence-corrected chi connectivity index (χ2v) is 33.7. The molecule has 6 saturated heterocycles. The van der Waals surface area contributed by atoms with Crippen LogP contribution in [-0.2, 0) is 93.2 Å². The number of hydrogen-bond donors (Lipinski definition) is 7. The highest BCUT2D eigenvalue weighted by Crippen LogP contribution is 2.49. The van der Waals surface area contributed by atoms with Crippen LogP contribution in [0.1, 0.15) is 164 Å². The molecule has 6 aliphatic rings. The zero-order chi connectivity index (χ0) is 102. The van der Waals surface area contributed by atoms with E-state index in [-0.39, 0.29) is 32.6 Å². The van der Waals surface area contributed by atoms with Crippen LogP contribution in [0.2, 0.25) is 0 Å². The van der Waals surface area contributed by atoms with Gasteiger partial charge >= 0.3 is 46.4 Å². The van der Waals surface area contributed by atoms with Crippen molar-refractivity contribution in [2.45, 2.75) is 262 Å². The van der Waals surface area contributed by atoms with Crippen molar-refractivity contribution in [3.8, 4) is 0 Å². The van der Waals surface area contributed by atoms with Crippen molar-refractivity contribution >= 4 is 17.9 Å². The highest BCUT2D eigenvalue weighted by atomic mass is 19.1. The Morgan fingerprint density at radius 1 is 0.406 bits per heavy atom. The Morgan fingerprint density at radius 3 is 1.09 bits per heavy atom. The van der Waals surface area contributed by atoms with Gasteiger partial charge in [-0.05, 0) is 54.3 Å². The fourth-order valence-corrected chi connectivity index (χ4v) is 16.9. The Bertz CT molecular complexity index is 5980. The number of carbonyl (C=O) groups excluding carboxylic acids is 3. The van der Waals surface area contributed by atoms with Crippen molar-refractivity contribution in [3.05, 3.63) is 258 Å². The van der Waals surface area contributed by atoms with E-state index >= 15 is 0 Å². The molecule has 24 atom stereocenters. The number of benzene rings is 2. The van der Waals surface area contributed by atoms with Crippen LogP contribution < -0.4 is 56.2 Å². The lowest BCUT2D eigenvalue weighted by Crippen LogP contribution is -2.47. The lowest BCUT2D eigenvalue weighted by Gasteiger charge is -2.28. The summed E-state index contributed by atoms with van der Waals surface area (Å²) in [5, 5.41) is 47.0. The van der Waals surface area contributed by atoms with Gasteiger partial charge in [-0.1, -0.05) is 140 Å². The Morgan fingerprint density at radius 2 is 0.717 bits per heavy atom. The number of alkyl halides is 6. The van der Waals surface area contributed by atoms with Gasteiger partial charge in [0.15, 0.2) is 30.9 Å². The zero-order valence-electron chi connectivity index (χ0n) is 77.9. The molecule has 138 heavy (non-hydrogen) atoms. The molecule has 6 fully saturated rings. The van der Waals surface area contributed by atoms with E-state index in [0.717, 1.165) is 67.5 Å². The van der Waals surface area contributed by atoms with Gasteiger partial charge in [-0.2, -0.15) is 0 Å². The maximum atomic E-state index is 13.9. The summed E-state index contributed by atoms with van der Waals surface area (Å²) in [7, 11) is 0. The molecule has 2 aromatic carbocycles. The summed E-state index contributed by atoms with van der Waals surface area (Å²) >= 11 is 0. The average Bonchev–Trinajstić information content (AvgIpc) is 1.62. The summed E-state index contributed by atoms with van der Waals surface area (Å²) in [4.78, 5) is 164. The van der Waals surface area contributed by atoms with Gasteiger partial charge in [-0.25, -0.2) is 59.4 Å². The van der Waals surface area contributed by atoms with Gasteiger partial charge in [0.1, 0.15) is 124 Å². The molecule has 5 aromatic heterocycles. The number of nitrogens with one attached hydrogen (secondary N) is 3. The second-order valence-electron chi connectivity index (χ2n) is 33.7. The number of ether oxygens (including phenoxy) is 11. The summed E-state index contributed by atoms with van der Waals surface area (Å²) in [5.41, 5.74) is 5.22. The average molecular weight is 1960 g/mol. The van der Waals surface area contributed by atoms with E-state index in [1.807, 2.05) is 65.6 Å². The minimum atomic E-state index is -2.00. The summed E-state index contributed by atoms with van der Waals surface area (Å²) in [6, 6.07) is 22.3. The minimum Gasteiger partial charge on any atom is -0.457 e. The largest absolute Gasteiger partial charge is 0.457 e. The second kappa shape index (κ2) is 49.0. The number of aromatic amines is 3. The summed E-state index contributed by atoms with van der Waals surface area (Å²) in [5.74, 6) is -3.88. The molecule has 758 valence electrons. The van der Waals surface area contributed by atoms with Crippen molar-refractivity contribution in [1.29, 1.82) is 0 Å². The van der Waals surface area contributed by atoms with Crippen LogP contribution in [0.5, 0.6) is 0 Å². The molecule has 7 aromatic rings. The standard InChI is InChI=1S/C20H24FN5O4.C20H25FN2O5.C14H19FN2O5.C12H17FN2O4.C12H19FO5.C10H12FN5O5/c1-3-20(12-21)14(2)17(23-24-22)18(30-20)25-10-9-16(27)26(19(25)28)13-29-11-15-7-5-4-6-8-15;1-3-20(12-21)14(2)17(25)18(28-20)22-10-9-16(24)23(19(22)26)13-27-11-15-7-5-4-6-8-15;1-4-14(7-15)8(2)11(21-9(3)18)12(22-14)17-6-5-10(19)16-13(17)20;1-3-12(6-13)7(2)9(17)10(19-12)15-5-4-8(16)14-11(15)18;1-5-12(6-13)7(2)10(16-8(3)14)11(18-12)17-9(4)15;11-3-10(4-17)7(19)6(14-15-12)8(21-10)16-2-1-5(18)13-9(16)20/h4-10,14,17-18H,3,11-13H2,1-2H3;4-10,14,17-18,25H,3,11-13H2,1-2H3;5-6,8,11-12H,4,7H2,1-3H3,(H,16,19,20);4-5,7,9-10,17H,3,6H2,1-2H3,(H,14,16,18);7,10-11H,5-6H2,1-4H3;1-2,6-8,17,19H,3-4H2,(H,13,18,20)/t14-,17-,18+,20-;14-,17+,18+,20-;8-,11+,12+,14-;7-,9+,10+,12-;7-,10+,11?,12-;6-,7-,8+,10+/m000000/s1. The predicted molar refractivity (Wildman–Crippen MR) is 475 cm³/mol. The van der Waals surface area contributed by atoms with Gasteiger partial charge in [0.25, 0.3) is 27.8 Å². The third kappa shape index (κ3) is 24.4. The van der Waals surface area contributed by atoms with Crippen LogP contribution >= 0.6 is 0 Å². The molecule has 1 unspecified atom stereocenters. The minimum absolute atomic E-state index is 0.223. The van der Waals surface area contributed by atoms with Crippen LogP contribution in [0.4, 0.5) is 26.3 Å². The molecule has 0 bridgehead atoms. The predicted octanol–water partition coefficient (Wildman–Crippen LogP) is 6.30. The molecular formula is C88H116F6N16O28. The lowest BCUT2D eigenvalue weighted by molar-refractivity contribution is -0.206. The van der Waals surface area contributed by atoms with Gasteiger partial charge in [-0.15, -0.1) is 0 Å². The van der Waals surface area contributed by atoms with Crippen molar-refractivity contribution in [2.75, 3.05) is 46.7 Å². The molecule has 0 aliphatic carbocycles. The van der Waals surface area contributed by atoms with E-state index in [0.29, 0.717) is 32.1 Å². The number of halogens is 6. The molecule has 0 saturated carbocycles. The van der Waals surface area contributed by atoms with E-state index < -0.39 is 258 Å². The zero-order valence-corrected chi connectivity index (χ0v) is 77.9. The fourth-order valence-electron chi connectivity index (χ4n) is 16.9. The molecule has 0 amide bonds. The smallest absolute Gasteiger partial charge is 0.335 e. The van der Waals surface area contributed by atoms with Crippen LogP contribution in [0.15, 0.2) is 180 Å². The number of hydrogen-bond acceptors (Lipinski definition) is 30. The number of nitrogens with zero attached hydrogens (tertiary/aromatic N) is 13. The van der Waals surface area contributed by atoms with Crippen LogP contribution in [0.25, 0.3) is 20.9 Å². The molecule has 6 aliphatic heterocycles. The number of aromatic nitrogens is 10. The van der Waals surface area contributed by atoms with E-state index in [2.05, 4.69) is 30.0 Å². The SMILES string of the molecule is CC[C@@]1(CF)OC(OC(C)=O)[C@H](OC(C)=O)[C@@H]1C.CC[C@@]1(CF)O[C@@H](n2ccc(=O)[nH]c2=O)[C@H](O)[C@@H]1C.CC[C@@]1(CF)O[C@@H](n2ccc(=O)[nH]c2=O)[C@H](OC(C)=O)[C@@H]1C.CC[C@@]1(CF)O[C@@H](n2ccc(=O)n(COCc3ccccc3)c2=O)[C@@H](N=[N+]=[N-])[C@@H]1C.CC[C@@]1(CF)O[C@@H](n2ccc(=O)n(COCc3ccccc3)c2=O)[C@H](O)[C@@H]1C.[N-]=[N+]=N[C@@H]1[C@H](n2ccc(=O)[nH]c2=O)O[C@@](CO)(CF)[C@H]1O. The number of azide groups is 2. The van der Waals surface area contributed by atoms with Gasteiger partial charge in [0.2, 0.25) is 6.29 Å². The Labute approximate surface area is 782 Å². The first-order valence-electron chi connectivity index (χ1n) is 44.0.